The molecule has 1 N–H and O–H groups in total. The molecule has 0 aromatic heterocycles. The minimum atomic E-state index is -0.386. The highest BCUT2D eigenvalue weighted by Crippen LogP contribution is 2.38. The number of methoxy groups -OCH3 is 3. The number of ketones is 1. The van der Waals surface area contributed by atoms with Crippen LogP contribution in [0.1, 0.15) is 27.6 Å². The third-order valence-corrected chi connectivity index (χ3v) is 3.48. The summed E-state index contributed by atoms with van der Waals surface area (Å²) in [6.07, 6.45) is 0. The molecule has 0 bridgehead atoms. The van der Waals surface area contributed by atoms with Gasteiger partial charge in [0.25, 0.3) is 5.91 Å². The number of Topliss-reactive ketones (excluding diaryl/α,β-unsaturated/α-hetero) is 1. The van der Waals surface area contributed by atoms with E-state index in [1.54, 1.807) is 36.4 Å². The molecule has 2 aromatic rings. The number of carbonyl (C=O) groups is 2. The molecular weight excluding hydrogens is 310 g/mol. The molecule has 2 rings (SSSR count). The quantitative estimate of drug-likeness (QED) is 0.824. The van der Waals surface area contributed by atoms with Gasteiger partial charge < -0.3 is 19.5 Å². The number of hydrogen-bond donors (Lipinski definition) is 1. The molecule has 1 amide bonds. The van der Waals surface area contributed by atoms with Gasteiger partial charge in [0.1, 0.15) is 0 Å². The van der Waals surface area contributed by atoms with Crippen molar-refractivity contribution in [2.75, 3.05) is 26.6 Å². The van der Waals surface area contributed by atoms with E-state index in [1.807, 2.05) is 0 Å². The van der Waals surface area contributed by atoms with Gasteiger partial charge in [0, 0.05) is 11.1 Å². The molecule has 0 unspecified atom stereocenters. The lowest BCUT2D eigenvalue weighted by atomic mass is 10.1. The number of carbonyl (C=O) groups excluding carboxylic acids is 2. The largest absolute Gasteiger partial charge is 0.493 e. The first kappa shape index (κ1) is 17.3. The highest BCUT2D eigenvalue weighted by molar-refractivity contribution is 6.09. The lowest BCUT2D eigenvalue weighted by Gasteiger charge is -2.14. The minimum Gasteiger partial charge on any atom is -0.493 e. The Morgan fingerprint density at radius 2 is 1.50 bits per heavy atom. The zero-order valence-corrected chi connectivity index (χ0v) is 14.0. The van der Waals surface area contributed by atoms with Crippen molar-refractivity contribution in [2.24, 2.45) is 0 Å². The minimum absolute atomic E-state index is 0.129. The van der Waals surface area contributed by atoms with Crippen molar-refractivity contribution < 1.29 is 23.8 Å². The van der Waals surface area contributed by atoms with E-state index in [4.69, 9.17) is 14.2 Å². The molecule has 0 heterocycles. The van der Waals surface area contributed by atoms with E-state index in [0.29, 0.717) is 34.1 Å². The Kier molecular flexibility index (Phi) is 5.42. The van der Waals surface area contributed by atoms with E-state index in [1.165, 1.54) is 28.3 Å². The molecule has 0 fully saturated rings. The van der Waals surface area contributed by atoms with E-state index in [0.717, 1.165) is 0 Å². The summed E-state index contributed by atoms with van der Waals surface area (Å²) in [5.41, 5.74) is 1.21. The fourth-order valence-electron chi connectivity index (χ4n) is 2.31. The van der Waals surface area contributed by atoms with Crippen molar-refractivity contribution in [3.05, 3.63) is 47.5 Å². The van der Waals surface area contributed by atoms with Gasteiger partial charge in [0.05, 0.1) is 27.0 Å². The highest BCUT2D eigenvalue weighted by atomic mass is 16.5. The summed E-state index contributed by atoms with van der Waals surface area (Å²) in [5.74, 6) is 0.642. The molecule has 0 aliphatic carbocycles. The first-order valence-electron chi connectivity index (χ1n) is 7.23. The van der Waals surface area contributed by atoms with Crippen molar-refractivity contribution in [1.82, 2.24) is 0 Å². The van der Waals surface area contributed by atoms with Gasteiger partial charge in [-0.2, -0.15) is 0 Å². The van der Waals surface area contributed by atoms with Crippen molar-refractivity contribution in [3.63, 3.8) is 0 Å². The van der Waals surface area contributed by atoms with Crippen LogP contribution >= 0.6 is 0 Å². The molecule has 0 saturated carbocycles. The number of anilines is 1. The van der Waals surface area contributed by atoms with Crippen LogP contribution in [-0.4, -0.2) is 33.0 Å². The summed E-state index contributed by atoms with van der Waals surface area (Å²) in [5, 5.41) is 2.74. The monoisotopic (exact) mass is 329 g/mol. The molecule has 6 heteroatoms. The van der Waals surface area contributed by atoms with Crippen molar-refractivity contribution in [3.8, 4) is 17.2 Å². The molecule has 0 aliphatic heterocycles. The number of ether oxygens (including phenoxy) is 3. The predicted octanol–water partition coefficient (Wildman–Crippen LogP) is 3.17. The van der Waals surface area contributed by atoms with Gasteiger partial charge in [-0.3, -0.25) is 9.59 Å². The highest BCUT2D eigenvalue weighted by Gasteiger charge is 2.18. The second-order valence-corrected chi connectivity index (χ2v) is 4.97. The Hall–Kier alpha value is -3.02. The second-order valence-electron chi connectivity index (χ2n) is 4.97. The Labute approximate surface area is 140 Å². The number of para-hydroxylation sites is 1. The molecule has 24 heavy (non-hydrogen) atoms. The average molecular weight is 329 g/mol. The van der Waals surface area contributed by atoms with Crippen molar-refractivity contribution >= 4 is 17.4 Å². The van der Waals surface area contributed by atoms with Crippen LogP contribution in [-0.2, 0) is 0 Å². The fraction of sp³-hybridized carbons (Fsp3) is 0.222. The number of rotatable bonds is 6. The van der Waals surface area contributed by atoms with Crippen LogP contribution in [0.5, 0.6) is 17.2 Å². The molecule has 0 saturated heterocycles. The van der Waals surface area contributed by atoms with Crippen LogP contribution in [0.3, 0.4) is 0 Å². The van der Waals surface area contributed by atoms with Gasteiger partial charge in [-0.1, -0.05) is 12.1 Å². The zero-order valence-electron chi connectivity index (χ0n) is 14.0. The molecule has 6 nitrogen and oxygen atoms in total. The van der Waals surface area contributed by atoms with Crippen LogP contribution in [0.4, 0.5) is 5.69 Å². The summed E-state index contributed by atoms with van der Waals surface area (Å²) < 4.78 is 15.7. The summed E-state index contributed by atoms with van der Waals surface area (Å²) in [6.45, 7) is 1.45. The maximum Gasteiger partial charge on any atom is 0.255 e. The van der Waals surface area contributed by atoms with E-state index in [9.17, 15) is 9.59 Å². The number of nitrogens with one attached hydrogen (secondary N) is 1. The predicted molar refractivity (Wildman–Crippen MR) is 90.5 cm³/mol. The van der Waals surface area contributed by atoms with E-state index >= 15 is 0 Å². The lowest BCUT2D eigenvalue weighted by Crippen LogP contribution is -2.14. The number of benzene rings is 2. The number of hydrogen-bond acceptors (Lipinski definition) is 5. The standard InChI is InChI=1S/C18H19NO5/c1-11(20)13-7-5-6-8-14(13)19-18(21)12-9-15(22-2)17(24-4)16(10-12)23-3/h5-10H,1-4H3,(H,19,21). The Bertz CT molecular complexity index is 745. The summed E-state index contributed by atoms with van der Waals surface area (Å²) in [4.78, 5) is 24.2. The van der Waals surface area contributed by atoms with Crippen LogP contribution in [0.2, 0.25) is 0 Å². The van der Waals surface area contributed by atoms with Gasteiger partial charge in [-0.15, -0.1) is 0 Å². The van der Waals surface area contributed by atoms with E-state index in [-0.39, 0.29) is 11.7 Å². The second kappa shape index (κ2) is 7.50. The topological polar surface area (TPSA) is 73.9 Å². The van der Waals surface area contributed by atoms with Crippen molar-refractivity contribution in [2.45, 2.75) is 6.92 Å². The van der Waals surface area contributed by atoms with Crippen LogP contribution in [0.15, 0.2) is 36.4 Å². The normalized spacial score (nSPS) is 10.0. The maximum atomic E-state index is 12.6. The molecule has 0 radical (unpaired) electrons. The molecule has 0 aliphatic rings. The van der Waals surface area contributed by atoms with Gasteiger partial charge in [-0.25, -0.2) is 0 Å². The Morgan fingerprint density at radius 3 is 2.00 bits per heavy atom. The first-order valence-corrected chi connectivity index (χ1v) is 7.23. The number of amides is 1. The van der Waals surface area contributed by atoms with Gasteiger partial charge in [-0.05, 0) is 31.2 Å². The third kappa shape index (κ3) is 3.48. The van der Waals surface area contributed by atoms with Crippen LogP contribution < -0.4 is 19.5 Å². The van der Waals surface area contributed by atoms with Crippen LogP contribution in [0, 0.1) is 0 Å². The average Bonchev–Trinajstić information content (AvgIpc) is 2.60. The molecule has 0 spiro atoms. The van der Waals surface area contributed by atoms with E-state index in [2.05, 4.69) is 5.32 Å². The fourth-order valence-corrected chi connectivity index (χ4v) is 2.31. The van der Waals surface area contributed by atoms with Gasteiger partial charge in [0.2, 0.25) is 5.75 Å². The lowest BCUT2D eigenvalue weighted by molar-refractivity contribution is 0.101. The zero-order chi connectivity index (χ0) is 17.7. The van der Waals surface area contributed by atoms with Crippen LogP contribution in [0.25, 0.3) is 0 Å². The smallest absolute Gasteiger partial charge is 0.255 e. The van der Waals surface area contributed by atoms with E-state index < -0.39 is 0 Å². The molecule has 0 atom stereocenters. The van der Waals surface area contributed by atoms with Crippen molar-refractivity contribution in [1.29, 1.82) is 0 Å². The summed E-state index contributed by atoms with van der Waals surface area (Å²) >= 11 is 0. The maximum absolute atomic E-state index is 12.6. The first-order chi connectivity index (χ1) is 11.5. The SMILES string of the molecule is COc1cc(C(=O)Nc2ccccc2C(C)=O)cc(OC)c1OC. The Balaban J connectivity index is 2.39. The summed E-state index contributed by atoms with van der Waals surface area (Å²) in [7, 11) is 4.44. The Morgan fingerprint density at radius 1 is 0.917 bits per heavy atom. The molecular formula is C18H19NO5. The third-order valence-electron chi connectivity index (χ3n) is 3.48. The molecule has 2 aromatic carbocycles. The van der Waals surface area contributed by atoms with Gasteiger partial charge in [0.15, 0.2) is 17.3 Å². The summed E-state index contributed by atoms with van der Waals surface area (Å²) in [6, 6.07) is 9.92. The molecule has 126 valence electrons. The van der Waals surface area contributed by atoms with Gasteiger partial charge >= 0.3 is 0 Å².